The number of rotatable bonds is 13. The summed E-state index contributed by atoms with van der Waals surface area (Å²) in [6.45, 7) is 2.15. The largest absolute Gasteiger partial charge is 0.481 e. The highest BCUT2D eigenvalue weighted by molar-refractivity contribution is 5.66. The highest BCUT2D eigenvalue weighted by atomic mass is 16.4. The lowest BCUT2D eigenvalue weighted by Crippen LogP contribution is -2.06. The van der Waals surface area contributed by atoms with E-state index in [2.05, 4.69) is 6.92 Å². The Morgan fingerprint density at radius 1 is 1.04 bits per heavy atom. The van der Waals surface area contributed by atoms with Crippen molar-refractivity contribution in [1.82, 2.24) is 0 Å². The maximum Gasteiger partial charge on any atom is 0.303 e. The molecule has 1 aromatic rings. The fourth-order valence-corrected chi connectivity index (χ4v) is 2.69. The maximum absolute atomic E-state index is 10.5. The first kappa shape index (κ1) is 22.1. The monoisotopic (exact) mass is 360 g/mol. The van der Waals surface area contributed by atoms with Gasteiger partial charge in [0.05, 0.1) is 12.2 Å². The number of carboxylic acid groups (broad SMARTS) is 1. The molecule has 144 valence electrons. The van der Waals surface area contributed by atoms with Crippen molar-refractivity contribution in [2.24, 2.45) is 0 Å². The average Bonchev–Trinajstić information content (AvgIpc) is 2.61. The van der Waals surface area contributed by atoms with E-state index in [4.69, 9.17) is 5.11 Å². The molecule has 0 aliphatic carbocycles. The summed E-state index contributed by atoms with van der Waals surface area (Å²) in [6.07, 6.45) is 12.4. The quantitative estimate of drug-likeness (QED) is 0.447. The molecule has 4 nitrogen and oxygen atoms in total. The Bertz CT molecular complexity index is 577. The molecule has 26 heavy (non-hydrogen) atoms. The van der Waals surface area contributed by atoms with E-state index in [-0.39, 0.29) is 6.42 Å². The van der Waals surface area contributed by atoms with E-state index in [0.29, 0.717) is 19.3 Å². The Balaban J connectivity index is 2.53. The molecule has 1 aromatic carbocycles. The van der Waals surface area contributed by atoms with Crippen LogP contribution in [-0.2, 0) is 4.79 Å². The second kappa shape index (κ2) is 13.3. The van der Waals surface area contributed by atoms with Crippen molar-refractivity contribution in [3.63, 3.8) is 0 Å². The van der Waals surface area contributed by atoms with Gasteiger partial charge in [-0.2, -0.15) is 0 Å². The van der Waals surface area contributed by atoms with Gasteiger partial charge < -0.3 is 15.3 Å². The van der Waals surface area contributed by atoms with Gasteiger partial charge in [0.15, 0.2) is 0 Å². The summed E-state index contributed by atoms with van der Waals surface area (Å²) < 4.78 is 0. The number of unbranched alkanes of at least 4 members (excludes halogenated alkanes) is 2. The Labute approximate surface area is 156 Å². The van der Waals surface area contributed by atoms with Crippen LogP contribution in [0, 0.1) is 0 Å². The second-order valence-electron chi connectivity index (χ2n) is 6.63. The molecular weight excluding hydrogens is 328 g/mol. The molecule has 4 heteroatoms. The van der Waals surface area contributed by atoms with Crippen molar-refractivity contribution >= 4 is 18.1 Å². The molecule has 1 rings (SSSR count). The predicted octanol–water partition coefficient (Wildman–Crippen LogP) is 4.66. The average molecular weight is 360 g/mol. The minimum Gasteiger partial charge on any atom is -0.481 e. The van der Waals surface area contributed by atoms with E-state index < -0.39 is 18.2 Å². The molecule has 0 bridgehead atoms. The highest BCUT2D eigenvalue weighted by Crippen LogP contribution is 2.15. The van der Waals surface area contributed by atoms with Crippen LogP contribution in [0.2, 0.25) is 0 Å². The zero-order valence-electron chi connectivity index (χ0n) is 15.7. The van der Waals surface area contributed by atoms with E-state index in [0.717, 1.165) is 36.8 Å². The van der Waals surface area contributed by atoms with Crippen LogP contribution in [0.3, 0.4) is 0 Å². The zero-order valence-corrected chi connectivity index (χ0v) is 15.7. The Morgan fingerprint density at radius 2 is 1.73 bits per heavy atom. The minimum absolute atomic E-state index is 0.0922. The fraction of sp³-hybridized carbons (Fsp3) is 0.500. The van der Waals surface area contributed by atoms with Crippen LogP contribution in [0.1, 0.15) is 69.4 Å². The first-order chi connectivity index (χ1) is 12.5. The van der Waals surface area contributed by atoms with Crippen LogP contribution < -0.4 is 0 Å². The summed E-state index contributed by atoms with van der Waals surface area (Å²) in [5.74, 6) is -0.828. The Kier molecular flexibility index (Phi) is 11.3. The molecule has 0 fully saturated rings. The summed E-state index contributed by atoms with van der Waals surface area (Å²) in [5, 5.41) is 28.5. The van der Waals surface area contributed by atoms with Gasteiger partial charge in [0.2, 0.25) is 0 Å². The third kappa shape index (κ3) is 10.2. The van der Waals surface area contributed by atoms with Crippen molar-refractivity contribution in [2.75, 3.05) is 0 Å². The van der Waals surface area contributed by atoms with Gasteiger partial charge in [0, 0.05) is 6.42 Å². The molecule has 0 amide bonds. The molecule has 0 aliphatic rings. The lowest BCUT2D eigenvalue weighted by molar-refractivity contribution is -0.137. The summed E-state index contributed by atoms with van der Waals surface area (Å²) in [4.78, 5) is 10.5. The van der Waals surface area contributed by atoms with E-state index in [9.17, 15) is 15.0 Å². The SMILES string of the molecule is CCCCCC(O)/C=C/c1ccccc1/C=C/CC(O)CCCC(=O)O. The molecule has 0 aromatic heterocycles. The lowest BCUT2D eigenvalue weighted by atomic mass is 10.0. The van der Waals surface area contributed by atoms with Gasteiger partial charge in [-0.15, -0.1) is 0 Å². The topological polar surface area (TPSA) is 77.8 Å². The van der Waals surface area contributed by atoms with Crippen LogP contribution in [0.15, 0.2) is 36.4 Å². The number of benzene rings is 1. The number of aliphatic hydroxyl groups is 2. The molecule has 0 heterocycles. The van der Waals surface area contributed by atoms with Gasteiger partial charge in [0.1, 0.15) is 0 Å². The van der Waals surface area contributed by atoms with Gasteiger partial charge in [0.25, 0.3) is 0 Å². The summed E-state index contributed by atoms with van der Waals surface area (Å²) in [5.41, 5.74) is 2.06. The van der Waals surface area contributed by atoms with E-state index in [1.807, 2.05) is 48.6 Å². The maximum atomic E-state index is 10.5. The molecule has 0 spiro atoms. The summed E-state index contributed by atoms with van der Waals surface area (Å²) in [6, 6.07) is 7.91. The van der Waals surface area contributed by atoms with Crippen molar-refractivity contribution in [2.45, 2.75) is 70.5 Å². The Hall–Kier alpha value is -1.91. The van der Waals surface area contributed by atoms with E-state index >= 15 is 0 Å². The summed E-state index contributed by atoms with van der Waals surface area (Å²) in [7, 11) is 0. The number of hydrogen-bond donors (Lipinski definition) is 3. The molecule has 2 unspecified atom stereocenters. The predicted molar refractivity (Wildman–Crippen MR) is 107 cm³/mol. The molecule has 3 N–H and O–H groups in total. The number of aliphatic carboxylic acids is 1. The van der Waals surface area contributed by atoms with Crippen LogP contribution in [-0.4, -0.2) is 33.5 Å². The van der Waals surface area contributed by atoms with Gasteiger partial charge in [-0.3, -0.25) is 4.79 Å². The van der Waals surface area contributed by atoms with Crippen LogP contribution >= 0.6 is 0 Å². The molecular formula is C22H32O4. The zero-order chi connectivity index (χ0) is 19.2. The molecule has 0 radical (unpaired) electrons. The first-order valence-electron chi connectivity index (χ1n) is 9.54. The molecule has 0 saturated heterocycles. The highest BCUT2D eigenvalue weighted by Gasteiger charge is 2.04. The smallest absolute Gasteiger partial charge is 0.303 e. The molecule has 0 aliphatic heterocycles. The first-order valence-corrected chi connectivity index (χ1v) is 9.54. The fourth-order valence-electron chi connectivity index (χ4n) is 2.69. The standard InChI is InChI=1S/C22H32O4/c1-2-3-4-12-21(24)17-16-19-10-6-5-9-18(19)11-7-13-20(23)14-8-15-22(25)26/h5-7,9-11,16-17,20-21,23-24H,2-4,8,12-15H2,1H3,(H,25,26)/b11-7+,17-16+. The number of hydrogen-bond acceptors (Lipinski definition) is 3. The van der Waals surface area contributed by atoms with Crippen LogP contribution in [0.5, 0.6) is 0 Å². The van der Waals surface area contributed by atoms with Gasteiger partial charge >= 0.3 is 5.97 Å². The van der Waals surface area contributed by atoms with E-state index in [1.54, 1.807) is 0 Å². The van der Waals surface area contributed by atoms with Crippen molar-refractivity contribution in [1.29, 1.82) is 0 Å². The molecule has 2 atom stereocenters. The third-order valence-corrected chi connectivity index (χ3v) is 4.23. The van der Waals surface area contributed by atoms with Crippen LogP contribution in [0.4, 0.5) is 0 Å². The second-order valence-corrected chi connectivity index (χ2v) is 6.63. The lowest BCUT2D eigenvalue weighted by Gasteiger charge is -2.07. The van der Waals surface area contributed by atoms with Crippen molar-refractivity contribution in [3.05, 3.63) is 47.5 Å². The van der Waals surface area contributed by atoms with E-state index in [1.165, 1.54) is 0 Å². The minimum atomic E-state index is -0.828. The Morgan fingerprint density at radius 3 is 2.38 bits per heavy atom. The normalized spacial score (nSPS) is 14.1. The number of carboxylic acids is 1. The summed E-state index contributed by atoms with van der Waals surface area (Å²) >= 11 is 0. The van der Waals surface area contributed by atoms with Gasteiger partial charge in [-0.1, -0.05) is 74.8 Å². The van der Waals surface area contributed by atoms with Gasteiger partial charge in [-0.05, 0) is 36.8 Å². The molecule has 0 saturated carbocycles. The number of carbonyl (C=O) groups is 1. The van der Waals surface area contributed by atoms with Crippen molar-refractivity contribution < 1.29 is 20.1 Å². The van der Waals surface area contributed by atoms with Crippen LogP contribution in [0.25, 0.3) is 12.2 Å². The number of aliphatic hydroxyl groups excluding tert-OH is 2. The van der Waals surface area contributed by atoms with Gasteiger partial charge in [-0.25, -0.2) is 0 Å². The van der Waals surface area contributed by atoms with Crippen molar-refractivity contribution in [3.8, 4) is 0 Å². The third-order valence-electron chi connectivity index (χ3n) is 4.23.